The van der Waals surface area contributed by atoms with Gasteiger partial charge in [-0.25, -0.2) is 4.98 Å². The highest BCUT2D eigenvalue weighted by molar-refractivity contribution is 5.79. The number of nitrogens with zero attached hydrogens (tertiary/aromatic N) is 3. The predicted octanol–water partition coefficient (Wildman–Crippen LogP) is 1.52. The van der Waals surface area contributed by atoms with E-state index in [0.717, 1.165) is 37.3 Å². The second-order valence-electron chi connectivity index (χ2n) is 5.51. The SMILES string of the molecule is CN=C(NCc1cccc(OC)n1)N(C)CCOCC1CC1. The fourth-order valence-corrected chi connectivity index (χ4v) is 2.07. The van der Waals surface area contributed by atoms with Crippen LogP contribution in [0.4, 0.5) is 0 Å². The molecule has 0 aromatic carbocycles. The van der Waals surface area contributed by atoms with E-state index in [0.29, 0.717) is 12.4 Å². The molecule has 1 heterocycles. The number of likely N-dealkylation sites (N-methyl/N-ethyl adjacent to an activating group) is 1. The van der Waals surface area contributed by atoms with Crippen LogP contribution < -0.4 is 10.1 Å². The van der Waals surface area contributed by atoms with E-state index in [1.54, 1.807) is 14.2 Å². The monoisotopic (exact) mass is 306 g/mol. The summed E-state index contributed by atoms with van der Waals surface area (Å²) in [6, 6.07) is 5.73. The Hall–Kier alpha value is -1.82. The van der Waals surface area contributed by atoms with Crippen molar-refractivity contribution in [3.63, 3.8) is 0 Å². The maximum Gasteiger partial charge on any atom is 0.213 e. The van der Waals surface area contributed by atoms with Crippen molar-refractivity contribution < 1.29 is 9.47 Å². The second kappa shape index (κ2) is 8.58. The van der Waals surface area contributed by atoms with E-state index in [2.05, 4.69) is 20.2 Å². The van der Waals surface area contributed by atoms with Gasteiger partial charge in [-0.2, -0.15) is 0 Å². The largest absolute Gasteiger partial charge is 0.481 e. The fourth-order valence-electron chi connectivity index (χ4n) is 2.07. The molecule has 1 aromatic heterocycles. The molecule has 1 fully saturated rings. The number of hydrogen-bond donors (Lipinski definition) is 1. The van der Waals surface area contributed by atoms with Gasteiger partial charge >= 0.3 is 0 Å². The smallest absolute Gasteiger partial charge is 0.213 e. The first kappa shape index (κ1) is 16.5. The molecule has 22 heavy (non-hydrogen) atoms. The fraction of sp³-hybridized carbons (Fsp3) is 0.625. The molecule has 1 aliphatic carbocycles. The first-order valence-electron chi connectivity index (χ1n) is 7.72. The van der Waals surface area contributed by atoms with Crippen LogP contribution >= 0.6 is 0 Å². The van der Waals surface area contributed by atoms with Crippen molar-refractivity contribution in [2.24, 2.45) is 10.9 Å². The van der Waals surface area contributed by atoms with Gasteiger partial charge in [0.25, 0.3) is 0 Å². The summed E-state index contributed by atoms with van der Waals surface area (Å²) in [7, 11) is 5.41. The Kier molecular flexibility index (Phi) is 6.45. The Labute approximate surface area is 132 Å². The number of hydrogen-bond acceptors (Lipinski definition) is 4. The van der Waals surface area contributed by atoms with E-state index < -0.39 is 0 Å². The Balaban J connectivity index is 1.72. The topological polar surface area (TPSA) is 59.0 Å². The molecule has 1 aromatic rings. The lowest BCUT2D eigenvalue weighted by Gasteiger charge is -2.22. The first-order chi connectivity index (χ1) is 10.7. The highest BCUT2D eigenvalue weighted by Gasteiger charge is 2.21. The van der Waals surface area contributed by atoms with Gasteiger partial charge in [-0.1, -0.05) is 6.07 Å². The first-order valence-corrected chi connectivity index (χ1v) is 7.72. The minimum absolute atomic E-state index is 0.608. The highest BCUT2D eigenvalue weighted by Crippen LogP contribution is 2.28. The molecule has 6 nitrogen and oxygen atoms in total. The van der Waals surface area contributed by atoms with Crippen LogP contribution in [0.15, 0.2) is 23.2 Å². The van der Waals surface area contributed by atoms with Crippen molar-refractivity contribution in [1.29, 1.82) is 0 Å². The summed E-state index contributed by atoms with van der Waals surface area (Å²) in [5.74, 6) is 2.26. The van der Waals surface area contributed by atoms with E-state index in [9.17, 15) is 0 Å². The van der Waals surface area contributed by atoms with Crippen LogP contribution in [0.5, 0.6) is 5.88 Å². The average Bonchev–Trinajstić information content (AvgIpc) is 3.36. The lowest BCUT2D eigenvalue weighted by molar-refractivity contribution is 0.115. The number of pyridine rings is 1. The highest BCUT2D eigenvalue weighted by atomic mass is 16.5. The van der Waals surface area contributed by atoms with Crippen LogP contribution in [-0.2, 0) is 11.3 Å². The molecule has 0 amide bonds. The molecule has 0 aliphatic heterocycles. The third kappa shape index (κ3) is 5.52. The maximum atomic E-state index is 5.66. The third-order valence-corrected chi connectivity index (χ3v) is 3.61. The molecule has 2 rings (SSSR count). The molecule has 0 bridgehead atoms. The van der Waals surface area contributed by atoms with E-state index >= 15 is 0 Å². The van der Waals surface area contributed by atoms with Crippen molar-refractivity contribution in [2.75, 3.05) is 41.0 Å². The molecular weight excluding hydrogens is 280 g/mol. The number of ether oxygens (including phenoxy) is 2. The van der Waals surface area contributed by atoms with Crippen molar-refractivity contribution in [3.05, 3.63) is 23.9 Å². The zero-order chi connectivity index (χ0) is 15.8. The van der Waals surface area contributed by atoms with Gasteiger partial charge in [-0.3, -0.25) is 4.99 Å². The van der Waals surface area contributed by atoms with Crippen LogP contribution in [0.3, 0.4) is 0 Å². The van der Waals surface area contributed by atoms with Crippen molar-refractivity contribution >= 4 is 5.96 Å². The zero-order valence-electron chi connectivity index (χ0n) is 13.7. The molecule has 0 atom stereocenters. The van der Waals surface area contributed by atoms with E-state index in [-0.39, 0.29) is 0 Å². The number of aliphatic imine (C=N–C) groups is 1. The molecule has 6 heteroatoms. The summed E-state index contributed by atoms with van der Waals surface area (Å²) in [6.07, 6.45) is 2.65. The molecule has 122 valence electrons. The molecule has 1 saturated carbocycles. The average molecular weight is 306 g/mol. The van der Waals surface area contributed by atoms with Crippen LogP contribution in [0.1, 0.15) is 18.5 Å². The molecule has 0 unspecified atom stereocenters. The Morgan fingerprint density at radius 1 is 1.45 bits per heavy atom. The summed E-state index contributed by atoms with van der Waals surface area (Å²) in [4.78, 5) is 10.7. The molecular formula is C16H26N4O2. The van der Waals surface area contributed by atoms with Gasteiger partial charge in [0.15, 0.2) is 5.96 Å². The second-order valence-corrected chi connectivity index (χ2v) is 5.51. The van der Waals surface area contributed by atoms with Gasteiger partial charge in [0, 0.05) is 33.3 Å². The van der Waals surface area contributed by atoms with Crippen LogP contribution in [0.25, 0.3) is 0 Å². The minimum Gasteiger partial charge on any atom is -0.481 e. The third-order valence-electron chi connectivity index (χ3n) is 3.61. The Morgan fingerprint density at radius 3 is 2.95 bits per heavy atom. The maximum absolute atomic E-state index is 5.66. The van der Waals surface area contributed by atoms with Crippen LogP contribution in [0.2, 0.25) is 0 Å². The summed E-state index contributed by atoms with van der Waals surface area (Å²) in [5.41, 5.74) is 0.916. The summed E-state index contributed by atoms with van der Waals surface area (Å²) in [6.45, 7) is 3.05. The zero-order valence-corrected chi connectivity index (χ0v) is 13.7. The van der Waals surface area contributed by atoms with E-state index in [1.807, 2.05) is 25.2 Å². The lowest BCUT2D eigenvalue weighted by Crippen LogP contribution is -2.40. The summed E-state index contributed by atoms with van der Waals surface area (Å²) < 4.78 is 10.8. The number of rotatable bonds is 8. The van der Waals surface area contributed by atoms with Crippen LogP contribution in [0, 0.1) is 5.92 Å². The lowest BCUT2D eigenvalue weighted by atomic mass is 10.3. The van der Waals surface area contributed by atoms with Crippen LogP contribution in [-0.4, -0.2) is 56.8 Å². The quantitative estimate of drug-likeness (QED) is 0.448. The Bertz CT molecular complexity index is 489. The summed E-state index contributed by atoms with van der Waals surface area (Å²) >= 11 is 0. The van der Waals surface area contributed by atoms with Gasteiger partial charge < -0.3 is 19.7 Å². The van der Waals surface area contributed by atoms with Gasteiger partial charge in [-0.05, 0) is 24.8 Å². The molecule has 1 aliphatic rings. The normalized spacial score (nSPS) is 14.8. The number of nitrogens with one attached hydrogen (secondary N) is 1. The van der Waals surface area contributed by atoms with E-state index in [4.69, 9.17) is 9.47 Å². The number of aromatic nitrogens is 1. The van der Waals surface area contributed by atoms with Gasteiger partial charge in [0.2, 0.25) is 5.88 Å². The van der Waals surface area contributed by atoms with Crippen molar-refractivity contribution in [1.82, 2.24) is 15.2 Å². The molecule has 1 N–H and O–H groups in total. The minimum atomic E-state index is 0.608. The predicted molar refractivity (Wildman–Crippen MR) is 87.2 cm³/mol. The van der Waals surface area contributed by atoms with Gasteiger partial charge in [0.05, 0.1) is 26.0 Å². The standard InChI is InChI=1S/C16H26N4O2/c1-17-16(20(2)9-10-22-12-13-7-8-13)18-11-14-5-4-6-15(19-14)21-3/h4-6,13H,7-12H2,1-3H3,(H,17,18). The number of methoxy groups -OCH3 is 1. The van der Waals surface area contributed by atoms with Crippen molar-refractivity contribution in [2.45, 2.75) is 19.4 Å². The van der Waals surface area contributed by atoms with E-state index in [1.165, 1.54) is 12.8 Å². The van der Waals surface area contributed by atoms with Gasteiger partial charge in [-0.15, -0.1) is 0 Å². The van der Waals surface area contributed by atoms with Gasteiger partial charge in [0.1, 0.15) is 0 Å². The molecule has 0 spiro atoms. The molecule has 0 saturated heterocycles. The molecule has 0 radical (unpaired) electrons. The Morgan fingerprint density at radius 2 is 2.27 bits per heavy atom. The summed E-state index contributed by atoms with van der Waals surface area (Å²) in [5, 5.41) is 3.30. The van der Waals surface area contributed by atoms with Crippen molar-refractivity contribution in [3.8, 4) is 5.88 Å². The number of guanidine groups is 1.